The molecular weight excluding hydrogens is 416 g/mol. The Labute approximate surface area is 152 Å². The molecule has 0 atom stereocenters. The lowest BCUT2D eigenvalue weighted by Crippen LogP contribution is -2.50. The van der Waals surface area contributed by atoms with Gasteiger partial charge in [0, 0.05) is 26.2 Å². The topological polar surface area (TPSA) is 77.9 Å². The maximum Gasteiger partial charge on any atom is 0.257 e. The molecule has 1 aromatic carbocycles. The third kappa shape index (κ3) is 3.34. The number of rotatable bonds is 3. The van der Waals surface area contributed by atoms with Gasteiger partial charge in [-0.1, -0.05) is 12.1 Å². The van der Waals surface area contributed by atoms with E-state index in [1.807, 2.05) is 0 Å². The van der Waals surface area contributed by atoms with E-state index < -0.39 is 10.0 Å². The summed E-state index contributed by atoms with van der Waals surface area (Å²) < 4.78 is 27.6. The lowest BCUT2D eigenvalue weighted by atomic mass is 10.1. The van der Waals surface area contributed by atoms with Gasteiger partial charge in [-0.3, -0.25) is 4.79 Å². The standard InChI is InChI=1S/C15H15BrN2O4S2/c16-13-5-6-14(23-13)24(21,22)18-9-7-17(8-10-18)15(20)11-3-1-2-4-12(11)19/h1-6,19H,7-10H2. The number of phenols is 1. The lowest BCUT2D eigenvalue weighted by Gasteiger charge is -2.33. The first-order valence-electron chi connectivity index (χ1n) is 7.22. The molecule has 0 unspecified atom stereocenters. The van der Waals surface area contributed by atoms with Crippen LogP contribution in [0.5, 0.6) is 5.75 Å². The number of para-hydroxylation sites is 1. The van der Waals surface area contributed by atoms with Crippen LogP contribution in [-0.4, -0.2) is 54.8 Å². The largest absolute Gasteiger partial charge is 0.507 e. The SMILES string of the molecule is O=C(c1ccccc1O)N1CCN(S(=O)(=O)c2ccc(Br)s2)CC1. The number of halogens is 1. The first kappa shape index (κ1) is 17.4. The van der Waals surface area contributed by atoms with Gasteiger partial charge in [-0.2, -0.15) is 4.31 Å². The van der Waals surface area contributed by atoms with Crippen molar-refractivity contribution in [1.82, 2.24) is 9.21 Å². The molecule has 6 nitrogen and oxygen atoms in total. The number of amides is 1. The molecule has 2 heterocycles. The molecule has 0 spiro atoms. The van der Waals surface area contributed by atoms with Gasteiger partial charge in [0.1, 0.15) is 9.96 Å². The number of carbonyl (C=O) groups excluding carboxylic acids is 1. The Kier molecular flexibility index (Phi) is 4.95. The quantitative estimate of drug-likeness (QED) is 0.810. The summed E-state index contributed by atoms with van der Waals surface area (Å²) in [5, 5.41) is 9.79. The van der Waals surface area contributed by atoms with Crippen LogP contribution in [0, 0.1) is 0 Å². The Balaban J connectivity index is 1.70. The molecule has 3 rings (SSSR count). The van der Waals surface area contributed by atoms with Crippen molar-refractivity contribution in [2.75, 3.05) is 26.2 Å². The first-order chi connectivity index (χ1) is 11.4. The molecule has 1 aliphatic heterocycles. The molecule has 24 heavy (non-hydrogen) atoms. The van der Waals surface area contributed by atoms with E-state index >= 15 is 0 Å². The zero-order valence-electron chi connectivity index (χ0n) is 12.6. The van der Waals surface area contributed by atoms with Crippen LogP contribution in [0.1, 0.15) is 10.4 Å². The predicted molar refractivity (Wildman–Crippen MR) is 94.8 cm³/mol. The van der Waals surface area contributed by atoms with Crippen molar-refractivity contribution in [3.05, 3.63) is 45.7 Å². The molecule has 1 N–H and O–H groups in total. The lowest BCUT2D eigenvalue weighted by molar-refractivity contribution is 0.0695. The van der Waals surface area contributed by atoms with E-state index in [0.29, 0.717) is 13.1 Å². The van der Waals surface area contributed by atoms with Crippen molar-refractivity contribution < 1.29 is 18.3 Å². The van der Waals surface area contributed by atoms with E-state index in [9.17, 15) is 18.3 Å². The minimum Gasteiger partial charge on any atom is -0.507 e. The number of nitrogens with zero attached hydrogens (tertiary/aromatic N) is 2. The molecule has 0 radical (unpaired) electrons. The number of hydrogen-bond acceptors (Lipinski definition) is 5. The summed E-state index contributed by atoms with van der Waals surface area (Å²) in [4.78, 5) is 14.0. The van der Waals surface area contributed by atoms with E-state index in [-0.39, 0.29) is 34.5 Å². The molecule has 1 aliphatic rings. The van der Waals surface area contributed by atoms with Gasteiger partial charge in [-0.15, -0.1) is 11.3 Å². The second kappa shape index (κ2) is 6.83. The van der Waals surface area contributed by atoms with Crippen molar-refractivity contribution in [1.29, 1.82) is 0 Å². The monoisotopic (exact) mass is 430 g/mol. The molecular formula is C15H15BrN2O4S2. The fourth-order valence-electron chi connectivity index (χ4n) is 2.52. The van der Waals surface area contributed by atoms with Crippen LogP contribution in [0.15, 0.2) is 44.4 Å². The van der Waals surface area contributed by atoms with Crippen LogP contribution in [0.4, 0.5) is 0 Å². The highest BCUT2D eigenvalue weighted by atomic mass is 79.9. The van der Waals surface area contributed by atoms with Crippen LogP contribution in [0.3, 0.4) is 0 Å². The smallest absolute Gasteiger partial charge is 0.257 e. The molecule has 0 saturated carbocycles. The summed E-state index contributed by atoms with van der Waals surface area (Å²) in [6.45, 7) is 1.05. The van der Waals surface area contributed by atoms with E-state index in [1.165, 1.54) is 21.7 Å². The highest BCUT2D eigenvalue weighted by molar-refractivity contribution is 9.11. The molecule has 128 valence electrons. The summed E-state index contributed by atoms with van der Waals surface area (Å²) in [6, 6.07) is 9.63. The van der Waals surface area contributed by atoms with Crippen LogP contribution in [0.25, 0.3) is 0 Å². The Bertz CT molecular complexity index is 858. The first-order valence-corrected chi connectivity index (χ1v) is 10.3. The average molecular weight is 431 g/mol. The third-order valence-corrected chi connectivity index (χ3v) is 7.79. The Hall–Kier alpha value is -1.42. The number of thiophene rings is 1. The number of hydrogen-bond donors (Lipinski definition) is 1. The zero-order valence-corrected chi connectivity index (χ0v) is 15.8. The molecule has 0 aliphatic carbocycles. The highest BCUT2D eigenvalue weighted by Crippen LogP contribution is 2.29. The summed E-state index contributed by atoms with van der Waals surface area (Å²) in [6.07, 6.45) is 0. The maximum atomic E-state index is 12.6. The molecule has 1 aromatic heterocycles. The highest BCUT2D eigenvalue weighted by Gasteiger charge is 2.31. The number of phenolic OH excluding ortho intramolecular Hbond substituents is 1. The Morgan fingerprint density at radius 3 is 2.33 bits per heavy atom. The molecule has 1 amide bonds. The Morgan fingerprint density at radius 2 is 1.75 bits per heavy atom. The molecule has 0 bridgehead atoms. The van der Waals surface area contributed by atoms with Gasteiger partial charge in [0.25, 0.3) is 15.9 Å². The van der Waals surface area contributed by atoms with Gasteiger partial charge in [0.2, 0.25) is 0 Å². The second-order valence-electron chi connectivity index (χ2n) is 5.27. The molecule has 1 saturated heterocycles. The van der Waals surface area contributed by atoms with Crippen molar-refractivity contribution in [3.8, 4) is 5.75 Å². The summed E-state index contributed by atoms with van der Waals surface area (Å²) in [7, 11) is -3.53. The second-order valence-corrected chi connectivity index (χ2v) is 9.90. The maximum absolute atomic E-state index is 12.6. The van der Waals surface area contributed by atoms with Crippen LogP contribution in [0.2, 0.25) is 0 Å². The number of sulfonamides is 1. The van der Waals surface area contributed by atoms with Crippen LogP contribution >= 0.6 is 27.3 Å². The molecule has 2 aromatic rings. The summed E-state index contributed by atoms with van der Waals surface area (Å²) in [5.41, 5.74) is 0.232. The van der Waals surface area contributed by atoms with E-state index in [0.717, 1.165) is 3.79 Å². The van der Waals surface area contributed by atoms with E-state index in [1.54, 1.807) is 35.2 Å². The summed E-state index contributed by atoms with van der Waals surface area (Å²) >= 11 is 4.44. The van der Waals surface area contributed by atoms with Crippen LogP contribution in [-0.2, 0) is 10.0 Å². The number of aromatic hydroxyl groups is 1. The van der Waals surface area contributed by atoms with E-state index in [4.69, 9.17) is 0 Å². The zero-order chi connectivity index (χ0) is 17.3. The normalized spacial score (nSPS) is 16.3. The summed E-state index contributed by atoms with van der Waals surface area (Å²) in [5.74, 6) is -0.356. The number of piperazine rings is 1. The van der Waals surface area contributed by atoms with Gasteiger partial charge in [0.15, 0.2) is 0 Å². The van der Waals surface area contributed by atoms with Crippen LogP contribution < -0.4 is 0 Å². The van der Waals surface area contributed by atoms with Crippen molar-refractivity contribution in [3.63, 3.8) is 0 Å². The number of benzene rings is 1. The van der Waals surface area contributed by atoms with Gasteiger partial charge in [-0.05, 0) is 40.2 Å². The third-order valence-electron chi connectivity index (χ3n) is 3.80. The van der Waals surface area contributed by atoms with Crippen molar-refractivity contribution in [2.24, 2.45) is 0 Å². The minimum absolute atomic E-state index is 0.0685. The van der Waals surface area contributed by atoms with Gasteiger partial charge >= 0.3 is 0 Å². The van der Waals surface area contributed by atoms with E-state index in [2.05, 4.69) is 15.9 Å². The van der Waals surface area contributed by atoms with Gasteiger partial charge in [-0.25, -0.2) is 8.42 Å². The fourth-order valence-corrected chi connectivity index (χ4v) is 6.11. The predicted octanol–water partition coefficient (Wildman–Crippen LogP) is 2.36. The Morgan fingerprint density at radius 1 is 1.08 bits per heavy atom. The number of carbonyl (C=O) groups is 1. The molecule has 1 fully saturated rings. The molecule has 9 heteroatoms. The average Bonchev–Trinajstić information content (AvgIpc) is 3.02. The van der Waals surface area contributed by atoms with Crippen molar-refractivity contribution >= 4 is 43.2 Å². The van der Waals surface area contributed by atoms with Crippen molar-refractivity contribution in [2.45, 2.75) is 4.21 Å². The minimum atomic E-state index is -3.53. The van der Waals surface area contributed by atoms with Gasteiger partial charge in [0.05, 0.1) is 9.35 Å². The van der Waals surface area contributed by atoms with Gasteiger partial charge < -0.3 is 10.0 Å². The fraction of sp³-hybridized carbons (Fsp3) is 0.267.